The van der Waals surface area contributed by atoms with Crippen LogP contribution in [0.15, 0.2) is 48.5 Å². The number of amides is 1. The van der Waals surface area contributed by atoms with Crippen LogP contribution in [0.3, 0.4) is 0 Å². The highest BCUT2D eigenvalue weighted by Gasteiger charge is 2.25. The van der Waals surface area contributed by atoms with E-state index in [1.807, 2.05) is 6.92 Å². The lowest BCUT2D eigenvalue weighted by Gasteiger charge is -2.37. The normalized spacial score (nSPS) is 18.5. The zero-order valence-corrected chi connectivity index (χ0v) is 22.8. The molecule has 198 valence electrons. The van der Waals surface area contributed by atoms with Crippen molar-refractivity contribution in [1.29, 1.82) is 0 Å². The van der Waals surface area contributed by atoms with Gasteiger partial charge in [0, 0.05) is 86.3 Å². The quantitative estimate of drug-likeness (QED) is 0.357. The van der Waals surface area contributed by atoms with Gasteiger partial charge < -0.3 is 25.0 Å². The number of carbonyl (C=O) groups is 1. The Labute approximate surface area is 226 Å². The summed E-state index contributed by atoms with van der Waals surface area (Å²) in [7, 11) is 3.37. The molecule has 6 rings (SSSR count). The van der Waals surface area contributed by atoms with Gasteiger partial charge in [-0.2, -0.15) is 0 Å². The number of aromatic nitrogens is 1. The molecule has 1 amide bonds. The third-order valence-electron chi connectivity index (χ3n) is 7.52. The summed E-state index contributed by atoms with van der Waals surface area (Å²) in [5, 5.41) is 8.71. The first-order valence-electron chi connectivity index (χ1n) is 13.1. The molecule has 0 radical (unpaired) electrons. The Hall–Kier alpha value is -3.24. The molecule has 1 atom stereocenters. The standard InChI is InChI=1S/C29H33N5O3S/c1-18-16-30-27-26-21-8-9-22(32-23(21)10-11-24(26)38-28(27)29(35)31-18)19-4-6-20(7-5-19)34-14-12-33(13-15-34)17-25(36-2)37-3/h4-11,18,25,30H,12-17H2,1-3H3,(H,31,35)/t18-/m1/s1. The Balaban J connectivity index is 1.22. The van der Waals surface area contributed by atoms with E-state index in [1.165, 1.54) is 17.0 Å². The van der Waals surface area contributed by atoms with Crippen molar-refractivity contribution in [3.05, 3.63) is 53.4 Å². The van der Waals surface area contributed by atoms with E-state index in [1.54, 1.807) is 14.2 Å². The molecule has 4 aromatic rings. The molecule has 38 heavy (non-hydrogen) atoms. The van der Waals surface area contributed by atoms with Crippen molar-refractivity contribution in [2.45, 2.75) is 19.3 Å². The second-order valence-electron chi connectivity index (χ2n) is 10.00. The van der Waals surface area contributed by atoms with Crippen molar-refractivity contribution in [2.75, 3.05) is 63.7 Å². The van der Waals surface area contributed by atoms with Crippen LogP contribution < -0.4 is 15.5 Å². The Morgan fingerprint density at radius 1 is 1.03 bits per heavy atom. The van der Waals surface area contributed by atoms with Crippen LogP contribution in [0.1, 0.15) is 16.6 Å². The molecule has 0 bridgehead atoms. The highest BCUT2D eigenvalue weighted by atomic mass is 32.1. The molecule has 8 nitrogen and oxygen atoms in total. The Bertz CT molecular complexity index is 1460. The van der Waals surface area contributed by atoms with Gasteiger partial charge in [-0.05, 0) is 43.3 Å². The van der Waals surface area contributed by atoms with E-state index >= 15 is 0 Å². The first-order chi connectivity index (χ1) is 18.5. The number of benzene rings is 2. The third kappa shape index (κ3) is 4.71. The minimum Gasteiger partial charge on any atom is -0.381 e. The second-order valence-corrected chi connectivity index (χ2v) is 11.1. The molecule has 0 saturated carbocycles. The van der Waals surface area contributed by atoms with E-state index in [9.17, 15) is 4.79 Å². The number of nitrogens with one attached hydrogen (secondary N) is 2. The maximum atomic E-state index is 12.7. The average Bonchev–Trinajstić information content (AvgIpc) is 3.27. The Kier molecular flexibility index (Phi) is 6.92. The number of carbonyl (C=O) groups excluding carboxylic acids is 1. The minimum atomic E-state index is -0.180. The van der Waals surface area contributed by atoms with Gasteiger partial charge in [0.2, 0.25) is 0 Å². The maximum absolute atomic E-state index is 12.7. The van der Waals surface area contributed by atoms with Gasteiger partial charge in [0.25, 0.3) is 5.91 Å². The van der Waals surface area contributed by atoms with Crippen molar-refractivity contribution in [3.8, 4) is 11.3 Å². The highest BCUT2D eigenvalue weighted by Crippen LogP contribution is 2.41. The van der Waals surface area contributed by atoms with Gasteiger partial charge in [-0.3, -0.25) is 9.69 Å². The fraction of sp³-hybridized carbons (Fsp3) is 0.379. The molecule has 1 fully saturated rings. The van der Waals surface area contributed by atoms with Crippen LogP contribution >= 0.6 is 11.3 Å². The molecule has 0 unspecified atom stereocenters. The maximum Gasteiger partial charge on any atom is 0.263 e. The van der Waals surface area contributed by atoms with Crippen molar-refractivity contribution < 1.29 is 14.3 Å². The van der Waals surface area contributed by atoms with Crippen molar-refractivity contribution in [1.82, 2.24) is 15.2 Å². The Morgan fingerprint density at radius 3 is 2.53 bits per heavy atom. The number of hydrogen-bond donors (Lipinski definition) is 2. The van der Waals surface area contributed by atoms with E-state index in [2.05, 4.69) is 69.0 Å². The first kappa shape index (κ1) is 25.1. The van der Waals surface area contributed by atoms with Gasteiger partial charge in [0.05, 0.1) is 16.9 Å². The summed E-state index contributed by atoms with van der Waals surface area (Å²) in [5.41, 5.74) is 5.12. The summed E-state index contributed by atoms with van der Waals surface area (Å²) in [6.45, 7) is 7.41. The van der Waals surface area contributed by atoms with Crippen molar-refractivity contribution in [3.63, 3.8) is 0 Å². The van der Waals surface area contributed by atoms with E-state index in [4.69, 9.17) is 14.5 Å². The summed E-state index contributed by atoms with van der Waals surface area (Å²) in [5.74, 6) is -0.00733. The topological polar surface area (TPSA) is 79.0 Å². The van der Waals surface area contributed by atoms with Gasteiger partial charge in [-0.15, -0.1) is 11.3 Å². The van der Waals surface area contributed by atoms with Crippen LogP contribution in [0, 0.1) is 0 Å². The number of methoxy groups -OCH3 is 2. The molecular weight excluding hydrogens is 498 g/mol. The van der Waals surface area contributed by atoms with Gasteiger partial charge in [-0.25, -0.2) is 4.98 Å². The van der Waals surface area contributed by atoms with Crippen LogP contribution in [0.2, 0.25) is 0 Å². The van der Waals surface area contributed by atoms with Crippen LogP contribution in [0.5, 0.6) is 0 Å². The SMILES string of the molecule is COC(CN1CCN(c2ccc(-c3ccc4c(ccc5sc6c(c54)NC[C@@H](C)NC6=O)n3)cc2)CC1)OC. The Morgan fingerprint density at radius 2 is 1.79 bits per heavy atom. The fourth-order valence-electron chi connectivity index (χ4n) is 5.37. The smallest absolute Gasteiger partial charge is 0.263 e. The van der Waals surface area contributed by atoms with Crippen LogP contribution in [0.25, 0.3) is 32.2 Å². The predicted molar refractivity (Wildman–Crippen MR) is 154 cm³/mol. The highest BCUT2D eigenvalue weighted by molar-refractivity contribution is 7.21. The van der Waals surface area contributed by atoms with Gasteiger partial charge >= 0.3 is 0 Å². The van der Waals surface area contributed by atoms with Crippen LogP contribution in [-0.4, -0.2) is 81.6 Å². The molecule has 0 aliphatic carbocycles. The molecule has 4 heterocycles. The van der Waals surface area contributed by atoms with E-state index in [0.29, 0.717) is 6.54 Å². The number of ether oxygens (including phenoxy) is 2. The lowest BCUT2D eigenvalue weighted by atomic mass is 10.1. The molecule has 2 aromatic heterocycles. The molecule has 2 aromatic carbocycles. The third-order valence-corrected chi connectivity index (χ3v) is 8.68. The number of piperazine rings is 1. The molecule has 2 aliphatic heterocycles. The average molecular weight is 532 g/mol. The number of pyridine rings is 1. The first-order valence-corrected chi connectivity index (χ1v) is 13.9. The number of rotatable bonds is 6. The molecular formula is C29H33N5O3S. The second kappa shape index (κ2) is 10.5. The zero-order valence-electron chi connectivity index (χ0n) is 22.0. The lowest BCUT2D eigenvalue weighted by molar-refractivity contribution is -0.116. The van der Waals surface area contributed by atoms with Gasteiger partial charge in [-0.1, -0.05) is 12.1 Å². The minimum absolute atomic E-state index is 0.00733. The number of fused-ring (bicyclic) bond motifs is 5. The molecule has 0 spiro atoms. The largest absolute Gasteiger partial charge is 0.381 e. The van der Waals surface area contributed by atoms with Crippen molar-refractivity contribution in [2.24, 2.45) is 0 Å². The summed E-state index contributed by atoms with van der Waals surface area (Å²) < 4.78 is 11.8. The predicted octanol–water partition coefficient (Wildman–Crippen LogP) is 4.40. The number of anilines is 2. The zero-order chi connectivity index (χ0) is 26.2. The fourth-order valence-corrected chi connectivity index (χ4v) is 6.47. The number of nitrogens with zero attached hydrogens (tertiary/aromatic N) is 3. The van der Waals surface area contributed by atoms with Crippen molar-refractivity contribution >= 4 is 49.6 Å². The van der Waals surface area contributed by atoms with E-state index in [-0.39, 0.29) is 18.2 Å². The van der Waals surface area contributed by atoms with E-state index < -0.39 is 0 Å². The summed E-state index contributed by atoms with van der Waals surface area (Å²) in [4.78, 5) is 23.3. The van der Waals surface area contributed by atoms with Crippen LogP contribution in [-0.2, 0) is 9.47 Å². The molecule has 9 heteroatoms. The lowest BCUT2D eigenvalue weighted by Crippen LogP contribution is -2.49. The van der Waals surface area contributed by atoms with Crippen LogP contribution in [0.4, 0.5) is 11.4 Å². The molecule has 1 saturated heterocycles. The van der Waals surface area contributed by atoms with E-state index in [0.717, 1.165) is 75.5 Å². The number of thiophene rings is 1. The summed E-state index contributed by atoms with van der Waals surface area (Å²) >= 11 is 1.54. The van der Waals surface area contributed by atoms with Gasteiger partial charge in [0.1, 0.15) is 4.88 Å². The summed E-state index contributed by atoms with van der Waals surface area (Å²) in [6, 6.07) is 17.1. The molecule has 2 aliphatic rings. The molecule has 2 N–H and O–H groups in total. The number of hydrogen-bond acceptors (Lipinski definition) is 8. The monoisotopic (exact) mass is 531 g/mol. The summed E-state index contributed by atoms with van der Waals surface area (Å²) in [6.07, 6.45) is -0.180. The van der Waals surface area contributed by atoms with Gasteiger partial charge in [0.15, 0.2) is 6.29 Å².